The molecule has 1 amide bonds. The Morgan fingerprint density at radius 3 is 2.66 bits per heavy atom. The Bertz CT molecular complexity index is 1120. The first-order valence-electron chi connectivity index (χ1n) is 10.1. The fraction of sp³-hybridized carbons (Fsp3) is 0.304. The molecule has 0 fully saturated rings. The summed E-state index contributed by atoms with van der Waals surface area (Å²) in [6.07, 6.45) is 2.05. The number of halogens is 1. The molecular formula is C23H25ClN2O4S2. The third kappa shape index (κ3) is 5.82. The standard InChI is InChI=1S/C23H25ClN2O4S2/c1-4-5-10-30-17-9-6-14(11-18(17)29-3)13-25-23(31)26-22(27)21-20(24)16-8-7-15(28-2)12-19(16)32-21/h6-9,11-12H,4-5,10,13H2,1-3H3,(H2,25,26,27,31). The van der Waals surface area contributed by atoms with Crippen molar-refractivity contribution in [3.05, 3.63) is 51.9 Å². The monoisotopic (exact) mass is 492 g/mol. The van der Waals surface area contributed by atoms with Gasteiger partial charge >= 0.3 is 0 Å². The van der Waals surface area contributed by atoms with Crippen LogP contribution in [0.2, 0.25) is 5.02 Å². The van der Waals surface area contributed by atoms with E-state index in [1.54, 1.807) is 14.2 Å². The summed E-state index contributed by atoms with van der Waals surface area (Å²) in [6.45, 7) is 3.18. The fourth-order valence-corrected chi connectivity index (χ4v) is 4.58. The van der Waals surface area contributed by atoms with Crippen molar-refractivity contribution in [3.8, 4) is 17.2 Å². The summed E-state index contributed by atoms with van der Waals surface area (Å²) in [7, 11) is 3.20. The molecule has 1 heterocycles. The molecule has 3 rings (SSSR count). The number of hydrogen-bond donors (Lipinski definition) is 2. The van der Waals surface area contributed by atoms with E-state index >= 15 is 0 Å². The van der Waals surface area contributed by atoms with Crippen molar-refractivity contribution in [1.82, 2.24) is 10.6 Å². The van der Waals surface area contributed by atoms with Crippen LogP contribution in [0.15, 0.2) is 36.4 Å². The number of unbranched alkanes of at least 4 members (excludes halogenated alkanes) is 1. The second-order valence-corrected chi connectivity index (χ2v) is 8.77. The minimum absolute atomic E-state index is 0.211. The van der Waals surface area contributed by atoms with Gasteiger partial charge in [-0.3, -0.25) is 10.1 Å². The van der Waals surface area contributed by atoms with Crippen molar-refractivity contribution in [2.75, 3.05) is 20.8 Å². The predicted octanol–water partition coefficient (Wildman–Crippen LogP) is 5.56. The number of ether oxygens (including phenoxy) is 3. The largest absolute Gasteiger partial charge is 0.497 e. The maximum Gasteiger partial charge on any atom is 0.269 e. The van der Waals surface area contributed by atoms with E-state index in [-0.39, 0.29) is 11.0 Å². The molecule has 2 N–H and O–H groups in total. The van der Waals surface area contributed by atoms with Crippen molar-refractivity contribution in [1.29, 1.82) is 0 Å². The molecule has 0 aliphatic carbocycles. The molecule has 0 aliphatic heterocycles. The number of nitrogens with one attached hydrogen (secondary N) is 2. The molecule has 0 bridgehead atoms. The van der Waals surface area contributed by atoms with Gasteiger partial charge in [0.1, 0.15) is 10.6 Å². The van der Waals surface area contributed by atoms with Crippen LogP contribution in [0.1, 0.15) is 35.0 Å². The molecule has 0 aliphatic rings. The van der Waals surface area contributed by atoms with Gasteiger partial charge in [0.05, 0.1) is 25.8 Å². The van der Waals surface area contributed by atoms with Crippen molar-refractivity contribution >= 4 is 56.3 Å². The third-order valence-electron chi connectivity index (χ3n) is 4.71. The highest BCUT2D eigenvalue weighted by molar-refractivity contribution is 7.80. The highest BCUT2D eigenvalue weighted by Crippen LogP contribution is 2.37. The molecular weight excluding hydrogens is 468 g/mol. The average Bonchev–Trinajstić information content (AvgIpc) is 3.14. The number of carbonyl (C=O) groups is 1. The topological polar surface area (TPSA) is 68.8 Å². The minimum atomic E-state index is -0.357. The zero-order valence-electron chi connectivity index (χ0n) is 18.1. The van der Waals surface area contributed by atoms with E-state index in [1.165, 1.54) is 11.3 Å². The van der Waals surface area contributed by atoms with E-state index < -0.39 is 0 Å². The van der Waals surface area contributed by atoms with Crippen LogP contribution in [0.4, 0.5) is 0 Å². The fourth-order valence-electron chi connectivity index (χ4n) is 2.97. The molecule has 3 aromatic rings. The lowest BCUT2D eigenvalue weighted by molar-refractivity contribution is 0.0980. The first kappa shape index (κ1) is 24.1. The van der Waals surface area contributed by atoms with Crippen molar-refractivity contribution in [3.63, 3.8) is 0 Å². The number of amides is 1. The summed E-state index contributed by atoms with van der Waals surface area (Å²) in [6, 6.07) is 11.2. The van der Waals surface area contributed by atoms with Gasteiger partial charge in [-0.05, 0) is 54.5 Å². The van der Waals surface area contributed by atoms with Crippen molar-refractivity contribution in [2.45, 2.75) is 26.3 Å². The van der Waals surface area contributed by atoms with Crippen molar-refractivity contribution in [2.24, 2.45) is 0 Å². The number of thiocarbonyl (C=S) groups is 1. The lowest BCUT2D eigenvalue weighted by atomic mass is 10.2. The Kier molecular flexibility index (Phi) is 8.55. The lowest BCUT2D eigenvalue weighted by Crippen LogP contribution is -2.38. The molecule has 0 radical (unpaired) electrons. The average molecular weight is 493 g/mol. The maximum absolute atomic E-state index is 12.7. The lowest BCUT2D eigenvalue weighted by Gasteiger charge is -2.13. The third-order valence-corrected chi connectivity index (χ3v) is 6.61. The van der Waals surface area contributed by atoms with E-state index in [9.17, 15) is 4.79 Å². The number of benzene rings is 2. The minimum Gasteiger partial charge on any atom is -0.497 e. The summed E-state index contributed by atoms with van der Waals surface area (Å²) in [5, 5.41) is 7.14. The van der Waals surface area contributed by atoms with E-state index in [4.69, 9.17) is 38.0 Å². The number of methoxy groups -OCH3 is 2. The zero-order valence-corrected chi connectivity index (χ0v) is 20.5. The Morgan fingerprint density at radius 1 is 1.12 bits per heavy atom. The molecule has 170 valence electrons. The second-order valence-electron chi connectivity index (χ2n) is 6.93. The number of hydrogen-bond acceptors (Lipinski definition) is 6. The van der Waals surface area contributed by atoms with Crippen LogP contribution in [0.25, 0.3) is 10.1 Å². The van der Waals surface area contributed by atoms with Crippen LogP contribution in [0.5, 0.6) is 17.2 Å². The summed E-state index contributed by atoms with van der Waals surface area (Å²) in [5.74, 6) is 1.71. The molecule has 32 heavy (non-hydrogen) atoms. The molecule has 6 nitrogen and oxygen atoms in total. The van der Waals surface area contributed by atoms with Crippen LogP contribution in [-0.4, -0.2) is 31.8 Å². The first-order chi connectivity index (χ1) is 15.5. The highest BCUT2D eigenvalue weighted by atomic mass is 35.5. The number of thiophene rings is 1. The van der Waals surface area contributed by atoms with Crippen molar-refractivity contribution < 1.29 is 19.0 Å². The van der Waals surface area contributed by atoms with Crippen LogP contribution in [0, 0.1) is 0 Å². The van der Waals surface area contributed by atoms with Crippen LogP contribution in [-0.2, 0) is 6.54 Å². The van der Waals surface area contributed by atoms with Gasteiger partial charge in [0.2, 0.25) is 0 Å². The smallest absolute Gasteiger partial charge is 0.269 e. The quantitative estimate of drug-likeness (QED) is 0.301. The van der Waals surface area contributed by atoms with E-state index in [0.717, 1.165) is 28.5 Å². The van der Waals surface area contributed by atoms with Gasteiger partial charge < -0.3 is 19.5 Å². The molecule has 2 aromatic carbocycles. The summed E-state index contributed by atoms with van der Waals surface area (Å²) in [5.41, 5.74) is 0.938. The molecule has 0 atom stereocenters. The Balaban J connectivity index is 1.60. The van der Waals surface area contributed by atoms with Gasteiger partial charge in [-0.2, -0.15) is 0 Å². The molecule has 0 saturated carbocycles. The van der Waals surface area contributed by atoms with Crippen LogP contribution < -0.4 is 24.8 Å². The number of fused-ring (bicyclic) bond motifs is 1. The van der Waals surface area contributed by atoms with Gasteiger partial charge in [0.15, 0.2) is 16.6 Å². The highest BCUT2D eigenvalue weighted by Gasteiger charge is 2.18. The molecule has 0 spiro atoms. The molecule has 0 unspecified atom stereocenters. The summed E-state index contributed by atoms with van der Waals surface area (Å²) in [4.78, 5) is 13.1. The normalized spacial score (nSPS) is 10.6. The Hall–Kier alpha value is -2.55. The van der Waals surface area contributed by atoms with Gasteiger partial charge in [0.25, 0.3) is 5.91 Å². The summed E-state index contributed by atoms with van der Waals surface area (Å²) >= 11 is 13.0. The van der Waals surface area contributed by atoms with E-state index in [1.807, 2.05) is 36.4 Å². The number of rotatable bonds is 9. The molecule has 1 aromatic heterocycles. The first-order valence-corrected chi connectivity index (χ1v) is 11.7. The van der Waals surface area contributed by atoms with Gasteiger partial charge in [-0.25, -0.2) is 0 Å². The Labute approximate surface area is 201 Å². The zero-order chi connectivity index (χ0) is 23.1. The molecule has 9 heteroatoms. The van der Waals surface area contributed by atoms with Gasteiger partial charge in [-0.15, -0.1) is 11.3 Å². The van der Waals surface area contributed by atoms with Crippen LogP contribution >= 0.6 is 35.2 Å². The second kappa shape index (κ2) is 11.4. The van der Waals surface area contributed by atoms with E-state index in [0.29, 0.717) is 40.3 Å². The predicted molar refractivity (Wildman–Crippen MR) is 134 cm³/mol. The van der Waals surface area contributed by atoms with E-state index in [2.05, 4.69) is 17.6 Å². The molecule has 0 saturated heterocycles. The van der Waals surface area contributed by atoms with Gasteiger partial charge in [0, 0.05) is 16.6 Å². The summed E-state index contributed by atoms with van der Waals surface area (Å²) < 4.78 is 17.3. The van der Waals surface area contributed by atoms with Gasteiger partial charge in [-0.1, -0.05) is 31.0 Å². The number of carbonyl (C=O) groups excluding carboxylic acids is 1. The SMILES string of the molecule is CCCCOc1ccc(CNC(=S)NC(=O)c2sc3cc(OC)ccc3c2Cl)cc1OC. The van der Waals surface area contributed by atoms with Crippen LogP contribution in [0.3, 0.4) is 0 Å². The maximum atomic E-state index is 12.7. The Morgan fingerprint density at radius 2 is 1.94 bits per heavy atom.